The number of ether oxygens (including phenoxy) is 2. The van der Waals surface area contributed by atoms with Gasteiger partial charge in [-0.3, -0.25) is 4.79 Å². The molecule has 1 N–H and O–H groups in total. The van der Waals surface area contributed by atoms with Crippen molar-refractivity contribution in [2.24, 2.45) is 0 Å². The maximum Gasteiger partial charge on any atom is 0.185 e. The topological polar surface area (TPSA) is 55.8 Å². The zero-order chi connectivity index (χ0) is 15.9. The zero-order valence-electron chi connectivity index (χ0n) is 12.6. The first-order valence-electron chi connectivity index (χ1n) is 6.82. The Morgan fingerprint density at radius 2 is 1.95 bits per heavy atom. The molecule has 0 aliphatic rings. The van der Waals surface area contributed by atoms with Crippen LogP contribution in [0.5, 0.6) is 11.5 Å². The fourth-order valence-corrected chi connectivity index (χ4v) is 2.03. The van der Waals surface area contributed by atoms with E-state index in [1.165, 1.54) is 6.08 Å². The van der Waals surface area contributed by atoms with Crippen LogP contribution in [-0.4, -0.2) is 25.1 Å². The molecule has 0 fully saturated rings. The first-order chi connectivity index (χ1) is 10.7. The molecule has 2 aromatic carbocycles. The molecular formula is C18H18O4. The highest BCUT2D eigenvalue weighted by Crippen LogP contribution is 2.22. The molecule has 0 aliphatic carbocycles. The first kappa shape index (κ1) is 15.8. The zero-order valence-corrected chi connectivity index (χ0v) is 12.6. The van der Waals surface area contributed by atoms with E-state index in [9.17, 15) is 4.79 Å². The second-order valence-corrected chi connectivity index (χ2v) is 4.66. The van der Waals surface area contributed by atoms with E-state index in [2.05, 4.69) is 0 Å². The minimum atomic E-state index is -0.118. The van der Waals surface area contributed by atoms with Crippen LogP contribution in [0.25, 0.3) is 6.08 Å². The highest BCUT2D eigenvalue weighted by molar-refractivity contribution is 6.07. The lowest BCUT2D eigenvalue weighted by Crippen LogP contribution is -1.95. The van der Waals surface area contributed by atoms with Crippen molar-refractivity contribution < 1.29 is 19.4 Å². The van der Waals surface area contributed by atoms with Gasteiger partial charge < -0.3 is 14.6 Å². The minimum absolute atomic E-state index is 0.0525. The maximum atomic E-state index is 12.2. The molecule has 0 saturated carbocycles. The number of rotatable bonds is 6. The largest absolute Gasteiger partial charge is 0.497 e. The van der Waals surface area contributed by atoms with E-state index >= 15 is 0 Å². The van der Waals surface area contributed by atoms with Crippen molar-refractivity contribution in [2.75, 3.05) is 14.2 Å². The maximum absolute atomic E-state index is 12.2. The molecule has 0 amide bonds. The number of aliphatic hydroxyl groups excluding tert-OH is 1. The molecule has 4 nitrogen and oxygen atoms in total. The molecule has 0 aromatic heterocycles. The quantitative estimate of drug-likeness (QED) is 0.657. The Bertz CT molecular complexity index is 689. The number of allylic oxidation sites excluding steroid dienone is 1. The SMILES string of the molecule is COc1cccc(C(=O)/C=C/c2ccc(CO)cc2OC)c1. The van der Waals surface area contributed by atoms with Crippen LogP contribution < -0.4 is 9.47 Å². The highest BCUT2D eigenvalue weighted by atomic mass is 16.5. The molecule has 0 radical (unpaired) electrons. The third kappa shape index (κ3) is 3.74. The summed E-state index contributed by atoms with van der Waals surface area (Å²) in [5.41, 5.74) is 2.09. The Hall–Kier alpha value is -2.59. The number of hydrogen-bond donors (Lipinski definition) is 1. The average Bonchev–Trinajstić information content (AvgIpc) is 2.59. The summed E-state index contributed by atoms with van der Waals surface area (Å²) in [5, 5.41) is 9.13. The summed E-state index contributed by atoms with van der Waals surface area (Å²) in [4.78, 5) is 12.2. The van der Waals surface area contributed by atoms with E-state index < -0.39 is 0 Å². The Labute approximate surface area is 129 Å². The Morgan fingerprint density at radius 1 is 1.14 bits per heavy atom. The monoisotopic (exact) mass is 298 g/mol. The van der Waals surface area contributed by atoms with Crippen molar-refractivity contribution in [3.63, 3.8) is 0 Å². The van der Waals surface area contributed by atoms with Crippen molar-refractivity contribution in [1.82, 2.24) is 0 Å². The average molecular weight is 298 g/mol. The van der Waals surface area contributed by atoms with E-state index in [-0.39, 0.29) is 12.4 Å². The summed E-state index contributed by atoms with van der Waals surface area (Å²) < 4.78 is 10.4. The first-order valence-corrected chi connectivity index (χ1v) is 6.82. The Kier molecular flexibility index (Phi) is 5.33. The van der Waals surface area contributed by atoms with Gasteiger partial charge in [-0.1, -0.05) is 24.3 Å². The van der Waals surface area contributed by atoms with Crippen LogP contribution in [0.15, 0.2) is 48.5 Å². The molecule has 0 atom stereocenters. The lowest BCUT2D eigenvalue weighted by atomic mass is 10.1. The number of benzene rings is 2. The molecule has 0 spiro atoms. The summed E-state index contributed by atoms with van der Waals surface area (Å²) in [6.07, 6.45) is 3.19. The van der Waals surface area contributed by atoms with Gasteiger partial charge in [0.1, 0.15) is 11.5 Å². The fraction of sp³-hybridized carbons (Fsp3) is 0.167. The van der Waals surface area contributed by atoms with Crippen LogP contribution in [0.4, 0.5) is 0 Å². The van der Waals surface area contributed by atoms with Crippen LogP contribution >= 0.6 is 0 Å². The fourth-order valence-electron chi connectivity index (χ4n) is 2.03. The Morgan fingerprint density at radius 3 is 2.64 bits per heavy atom. The number of carbonyl (C=O) groups excluding carboxylic acids is 1. The van der Waals surface area contributed by atoms with Gasteiger partial charge in [0, 0.05) is 11.1 Å². The molecule has 0 bridgehead atoms. The summed E-state index contributed by atoms with van der Waals surface area (Å²) in [5.74, 6) is 1.14. The van der Waals surface area contributed by atoms with E-state index in [0.29, 0.717) is 17.1 Å². The molecule has 22 heavy (non-hydrogen) atoms. The predicted molar refractivity (Wildman–Crippen MR) is 85.3 cm³/mol. The van der Waals surface area contributed by atoms with Gasteiger partial charge in [0.15, 0.2) is 5.78 Å². The molecule has 0 heterocycles. The van der Waals surface area contributed by atoms with Crippen LogP contribution in [-0.2, 0) is 6.61 Å². The van der Waals surface area contributed by atoms with Gasteiger partial charge in [0.2, 0.25) is 0 Å². The third-order valence-electron chi connectivity index (χ3n) is 3.25. The van der Waals surface area contributed by atoms with Gasteiger partial charge >= 0.3 is 0 Å². The third-order valence-corrected chi connectivity index (χ3v) is 3.25. The molecule has 2 rings (SSSR count). The minimum Gasteiger partial charge on any atom is -0.497 e. The molecule has 4 heteroatoms. The van der Waals surface area contributed by atoms with Gasteiger partial charge in [-0.25, -0.2) is 0 Å². The van der Waals surface area contributed by atoms with E-state index in [0.717, 1.165) is 11.1 Å². The summed E-state index contributed by atoms with van der Waals surface area (Å²) >= 11 is 0. The van der Waals surface area contributed by atoms with Gasteiger partial charge in [-0.15, -0.1) is 0 Å². The predicted octanol–water partition coefficient (Wildman–Crippen LogP) is 3.09. The number of methoxy groups -OCH3 is 2. The summed E-state index contributed by atoms with van der Waals surface area (Å²) in [6.45, 7) is -0.0525. The van der Waals surface area contributed by atoms with Crippen LogP contribution in [0.1, 0.15) is 21.5 Å². The van der Waals surface area contributed by atoms with Gasteiger partial charge in [-0.2, -0.15) is 0 Å². The second kappa shape index (κ2) is 7.43. The van der Waals surface area contributed by atoms with Crippen molar-refractivity contribution in [2.45, 2.75) is 6.61 Å². The lowest BCUT2D eigenvalue weighted by molar-refractivity contribution is 0.104. The summed E-state index contributed by atoms with van der Waals surface area (Å²) in [7, 11) is 3.12. The van der Waals surface area contributed by atoms with Crippen molar-refractivity contribution in [3.05, 3.63) is 65.2 Å². The summed E-state index contributed by atoms with van der Waals surface area (Å²) in [6, 6.07) is 12.3. The number of ketones is 1. The standard InChI is InChI=1S/C18H18O4/c1-21-16-5-3-4-15(11-16)17(20)9-8-14-7-6-13(12-19)10-18(14)22-2/h3-11,19H,12H2,1-2H3/b9-8+. The number of aliphatic hydroxyl groups is 1. The van der Waals surface area contributed by atoms with E-state index in [1.54, 1.807) is 62.8 Å². The van der Waals surface area contributed by atoms with Crippen LogP contribution in [0.3, 0.4) is 0 Å². The van der Waals surface area contributed by atoms with Gasteiger partial charge in [-0.05, 0) is 35.9 Å². The molecular weight excluding hydrogens is 280 g/mol. The lowest BCUT2D eigenvalue weighted by Gasteiger charge is -2.06. The van der Waals surface area contributed by atoms with E-state index in [4.69, 9.17) is 14.6 Å². The molecule has 2 aromatic rings. The smallest absolute Gasteiger partial charge is 0.185 e. The number of hydrogen-bond acceptors (Lipinski definition) is 4. The molecule has 0 unspecified atom stereocenters. The van der Waals surface area contributed by atoms with Crippen molar-refractivity contribution in [3.8, 4) is 11.5 Å². The van der Waals surface area contributed by atoms with Crippen molar-refractivity contribution >= 4 is 11.9 Å². The van der Waals surface area contributed by atoms with Crippen molar-refractivity contribution in [1.29, 1.82) is 0 Å². The van der Waals surface area contributed by atoms with Gasteiger partial charge in [0.05, 0.1) is 20.8 Å². The second-order valence-electron chi connectivity index (χ2n) is 4.66. The normalized spacial score (nSPS) is 10.7. The van der Waals surface area contributed by atoms with Gasteiger partial charge in [0.25, 0.3) is 0 Å². The van der Waals surface area contributed by atoms with E-state index in [1.807, 2.05) is 0 Å². The number of carbonyl (C=O) groups is 1. The molecule has 0 saturated heterocycles. The highest BCUT2D eigenvalue weighted by Gasteiger charge is 2.05. The molecule has 0 aliphatic heterocycles. The Balaban J connectivity index is 2.22. The van der Waals surface area contributed by atoms with Crippen LogP contribution in [0, 0.1) is 0 Å². The molecule has 114 valence electrons. The van der Waals surface area contributed by atoms with Crippen LogP contribution in [0.2, 0.25) is 0 Å².